The molecule has 0 saturated heterocycles. The van der Waals surface area contributed by atoms with Crippen molar-refractivity contribution < 1.29 is 125 Å². The van der Waals surface area contributed by atoms with Crippen LogP contribution in [-0.4, -0.2) is 24.2 Å². The minimum absolute atomic E-state index is 0. The molecule has 4 nitrogen and oxygen atoms in total. The molecule has 0 amide bonds. The third-order valence-electron chi connectivity index (χ3n) is 1.49. The molecule has 0 spiro atoms. The van der Waals surface area contributed by atoms with Gasteiger partial charge in [0.2, 0.25) is 0 Å². The van der Waals surface area contributed by atoms with Crippen LogP contribution in [0.15, 0.2) is 0 Å². The topological polar surface area (TPSA) is 80.3 Å². The zero-order chi connectivity index (χ0) is 11.4. The first-order valence-corrected chi connectivity index (χ1v) is 5.97. The molecule has 88 valence electrons. The molecular formula is C8H17FK2O4S. The van der Waals surface area contributed by atoms with Gasteiger partial charge in [-0.1, -0.05) is 39.0 Å². The van der Waals surface area contributed by atoms with Crippen LogP contribution in [-0.2, 0) is 10.4 Å². The molecule has 0 aromatic carbocycles. The van der Waals surface area contributed by atoms with Crippen molar-refractivity contribution in [2.24, 2.45) is 0 Å². The van der Waals surface area contributed by atoms with Gasteiger partial charge in [0, 0.05) is 10.4 Å². The van der Waals surface area contributed by atoms with Gasteiger partial charge in [-0.15, -0.1) is 0 Å². The molecule has 0 N–H and O–H groups in total. The molecule has 0 heterocycles. The molecular weight excluding hydrogens is 289 g/mol. The van der Waals surface area contributed by atoms with Gasteiger partial charge in [0.25, 0.3) is 0 Å². The number of alkyl halides is 1. The zero-order valence-electron chi connectivity index (χ0n) is 10.4. The first-order valence-electron chi connectivity index (χ1n) is 4.64. The molecule has 0 fully saturated rings. The van der Waals surface area contributed by atoms with Gasteiger partial charge in [0.05, 0.1) is 6.67 Å². The molecule has 0 atom stereocenters. The third-order valence-corrected chi connectivity index (χ3v) is 1.49. The van der Waals surface area contributed by atoms with Crippen LogP contribution in [0.3, 0.4) is 0 Å². The van der Waals surface area contributed by atoms with Gasteiger partial charge in [-0.2, -0.15) is 0 Å². The standard InChI is InChI=1S/C8H17F.2K.H2O4S/c1-2-3-4-5-6-7-8-9;;;1-5(2,3)4/h2-8H2,1H3;;;(H2,1,2,3,4)/q;2*+1;/p-2. The molecule has 0 rings (SSSR count). The monoisotopic (exact) mass is 306 g/mol. The van der Waals surface area contributed by atoms with Gasteiger partial charge < -0.3 is 9.11 Å². The Kier molecular flexibility index (Phi) is 34.9. The molecule has 8 heteroatoms. The second-order valence-corrected chi connectivity index (χ2v) is 3.68. The maximum atomic E-state index is 11.5. The van der Waals surface area contributed by atoms with E-state index in [1.807, 2.05) is 0 Å². The zero-order valence-corrected chi connectivity index (χ0v) is 17.4. The summed E-state index contributed by atoms with van der Waals surface area (Å²) in [5.74, 6) is 0. The van der Waals surface area contributed by atoms with Crippen molar-refractivity contribution in [1.82, 2.24) is 0 Å². The Bertz CT molecular complexity index is 186. The van der Waals surface area contributed by atoms with Crippen LogP contribution in [0.4, 0.5) is 4.39 Å². The fraction of sp³-hybridized carbons (Fsp3) is 1.00. The van der Waals surface area contributed by atoms with Gasteiger partial charge in [-0.3, -0.25) is 12.8 Å². The Balaban J connectivity index is -0.0000000904. The fourth-order valence-electron chi connectivity index (χ4n) is 0.875. The van der Waals surface area contributed by atoms with E-state index in [9.17, 15) is 4.39 Å². The van der Waals surface area contributed by atoms with E-state index in [0.29, 0.717) is 0 Å². The summed E-state index contributed by atoms with van der Waals surface area (Å²) in [4.78, 5) is 0. The number of rotatable bonds is 6. The number of hydrogen-bond acceptors (Lipinski definition) is 4. The molecule has 0 radical (unpaired) electrons. The fourth-order valence-corrected chi connectivity index (χ4v) is 0.875. The van der Waals surface area contributed by atoms with Gasteiger partial charge in [-0.25, -0.2) is 0 Å². The summed E-state index contributed by atoms with van der Waals surface area (Å²) in [7, 11) is -5.17. The quantitative estimate of drug-likeness (QED) is 0.217. The predicted octanol–water partition coefficient (Wildman–Crippen LogP) is -4.01. The second kappa shape index (κ2) is 20.4. The summed E-state index contributed by atoms with van der Waals surface area (Å²) < 4.78 is 45.6. The maximum Gasteiger partial charge on any atom is 1.00 e. The van der Waals surface area contributed by atoms with Crippen molar-refractivity contribution in [1.29, 1.82) is 0 Å². The van der Waals surface area contributed by atoms with Crippen LogP contribution in [0.2, 0.25) is 0 Å². The molecule has 0 unspecified atom stereocenters. The third kappa shape index (κ3) is 53.6. The molecule has 0 aromatic heterocycles. The minimum Gasteiger partial charge on any atom is -0.759 e. The summed E-state index contributed by atoms with van der Waals surface area (Å²) in [6.07, 6.45) is 6.94. The van der Waals surface area contributed by atoms with Crippen LogP contribution in [0.1, 0.15) is 45.4 Å². The smallest absolute Gasteiger partial charge is 0.759 e. The number of halogens is 1. The summed E-state index contributed by atoms with van der Waals surface area (Å²) in [6, 6.07) is 0. The molecule has 0 aliphatic carbocycles. The van der Waals surface area contributed by atoms with E-state index in [2.05, 4.69) is 6.92 Å². The van der Waals surface area contributed by atoms with Crippen molar-refractivity contribution in [2.75, 3.05) is 6.67 Å². The van der Waals surface area contributed by atoms with Crippen molar-refractivity contribution in [3.63, 3.8) is 0 Å². The van der Waals surface area contributed by atoms with Crippen molar-refractivity contribution >= 4 is 10.4 Å². The average molecular weight is 306 g/mol. The number of unbranched alkanes of at least 4 members (excludes halogenated alkanes) is 5. The van der Waals surface area contributed by atoms with Gasteiger partial charge in [0.15, 0.2) is 0 Å². The summed E-state index contributed by atoms with van der Waals surface area (Å²) in [5, 5.41) is 0. The van der Waals surface area contributed by atoms with Gasteiger partial charge in [-0.05, 0) is 6.42 Å². The number of hydrogen-bond donors (Lipinski definition) is 0. The van der Waals surface area contributed by atoms with E-state index in [1.165, 1.54) is 25.7 Å². The van der Waals surface area contributed by atoms with Crippen LogP contribution < -0.4 is 103 Å². The van der Waals surface area contributed by atoms with E-state index in [4.69, 9.17) is 17.5 Å². The summed E-state index contributed by atoms with van der Waals surface area (Å²) >= 11 is 0. The van der Waals surface area contributed by atoms with E-state index in [-0.39, 0.29) is 109 Å². The molecule has 0 aliphatic rings. The predicted molar refractivity (Wildman–Crippen MR) is 49.8 cm³/mol. The van der Waals surface area contributed by atoms with Crippen molar-refractivity contribution in [2.45, 2.75) is 45.4 Å². The SMILES string of the molecule is CCCCCCCCF.O=S(=O)([O-])[O-].[K+].[K+]. The van der Waals surface area contributed by atoms with E-state index in [0.717, 1.165) is 12.8 Å². The van der Waals surface area contributed by atoms with Crippen molar-refractivity contribution in [3.8, 4) is 0 Å². The van der Waals surface area contributed by atoms with Gasteiger partial charge >= 0.3 is 103 Å². The molecule has 0 aliphatic heterocycles. The molecule has 0 bridgehead atoms. The van der Waals surface area contributed by atoms with Crippen molar-refractivity contribution in [3.05, 3.63) is 0 Å². The summed E-state index contributed by atoms with van der Waals surface area (Å²) in [6.45, 7) is 2.06. The first-order chi connectivity index (χ1) is 6.41. The largest absolute Gasteiger partial charge is 1.00 e. The first kappa shape index (κ1) is 27.4. The van der Waals surface area contributed by atoms with Crippen LogP contribution in [0.25, 0.3) is 0 Å². The Morgan fingerprint density at radius 2 is 1.25 bits per heavy atom. The Morgan fingerprint density at radius 3 is 1.56 bits per heavy atom. The van der Waals surface area contributed by atoms with Gasteiger partial charge in [0.1, 0.15) is 0 Å². The van der Waals surface area contributed by atoms with E-state index < -0.39 is 10.4 Å². The average Bonchev–Trinajstić information content (AvgIpc) is 2.01. The molecule has 0 aromatic rings. The molecule has 0 saturated carbocycles. The Hall–Kier alpha value is 3.07. The van der Waals surface area contributed by atoms with Crippen LogP contribution in [0, 0.1) is 0 Å². The van der Waals surface area contributed by atoms with Crippen LogP contribution in [0.5, 0.6) is 0 Å². The Morgan fingerprint density at radius 1 is 0.938 bits per heavy atom. The van der Waals surface area contributed by atoms with Crippen LogP contribution >= 0.6 is 0 Å². The van der Waals surface area contributed by atoms with E-state index in [1.54, 1.807) is 0 Å². The van der Waals surface area contributed by atoms with E-state index >= 15 is 0 Å². The normalized spacial score (nSPS) is 9.25. The maximum absolute atomic E-state index is 11.5. The minimum atomic E-state index is -5.17. The summed E-state index contributed by atoms with van der Waals surface area (Å²) in [5.41, 5.74) is 0. The second-order valence-electron chi connectivity index (χ2n) is 2.86. The molecule has 16 heavy (non-hydrogen) atoms. The Labute approximate surface area is 183 Å².